The summed E-state index contributed by atoms with van der Waals surface area (Å²) in [6, 6.07) is 18.0. The van der Waals surface area contributed by atoms with Crippen LogP contribution in [0, 0.1) is 0 Å². The van der Waals surface area contributed by atoms with E-state index in [4.69, 9.17) is 0 Å². The minimum atomic E-state index is -3.76. The van der Waals surface area contributed by atoms with Crippen molar-refractivity contribution in [3.8, 4) is 11.3 Å². The van der Waals surface area contributed by atoms with Crippen molar-refractivity contribution in [3.63, 3.8) is 0 Å². The number of benzene rings is 1. The molecule has 146 valence electrons. The summed E-state index contributed by atoms with van der Waals surface area (Å²) in [5.41, 5.74) is 5.14. The molecule has 0 radical (unpaired) electrons. The van der Waals surface area contributed by atoms with Gasteiger partial charge in [-0.15, -0.1) is 11.3 Å². The van der Waals surface area contributed by atoms with Gasteiger partial charge in [0.2, 0.25) is 9.84 Å². The first-order valence-corrected chi connectivity index (χ1v) is 11.4. The molecule has 8 heteroatoms. The van der Waals surface area contributed by atoms with Gasteiger partial charge in [0.25, 0.3) is 0 Å². The van der Waals surface area contributed by atoms with Crippen LogP contribution in [-0.4, -0.2) is 23.4 Å². The molecular weight excluding hydrogens is 404 g/mol. The van der Waals surface area contributed by atoms with Gasteiger partial charge >= 0.3 is 0 Å². The van der Waals surface area contributed by atoms with Crippen molar-refractivity contribution in [2.24, 2.45) is 0 Å². The average molecular weight is 423 g/mol. The molecule has 0 aliphatic rings. The van der Waals surface area contributed by atoms with Crippen molar-refractivity contribution in [2.45, 2.75) is 16.9 Å². The van der Waals surface area contributed by atoms with E-state index < -0.39 is 15.2 Å². The van der Waals surface area contributed by atoms with E-state index in [0.717, 1.165) is 16.8 Å². The first-order chi connectivity index (χ1) is 14.1. The number of hydrogen-bond acceptors (Lipinski definition) is 7. The Labute approximate surface area is 173 Å². The molecule has 0 aliphatic heterocycles. The van der Waals surface area contributed by atoms with Gasteiger partial charge in [-0.1, -0.05) is 36.4 Å². The van der Waals surface area contributed by atoms with Crippen molar-refractivity contribution in [3.05, 3.63) is 95.2 Å². The fourth-order valence-electron chi connectivity index (χ4n) is 2.90. The summed E-state index contributed by atoms with van der Waals surface area (Å²) < 4.78 is 26.4. The lowest BCUT2D eigenvalue weighted by molar-refractivity contribution is 0.547. The van der Waals surface area contributed by atoms with Crippen LogP contribution in [0.25, 0.3) is 11.3 Å². The van der Waals surface area contributed by atoms with Crippen LogP contribution in [0.4, 0.5) is 0 Å². The number of nitrogens with zero attached hydrogens (tertiary/aromatic N) is 3. The molecule has 3 aromatic heterocycles. The van der Waals surface area contributed by atoms with Crippen LogP contribution in [-0.2, 0) is 16.4 Å². The van der Waals surface area contributed by atoms with Gasteiger partial charge in [-0.3, -0.25) is 10.3 Å². The van der Waals surface area contributed by atoms with Crippen molar-refractivity contribution < 1.29 is 8.42 Å². The molecule has 0 fully saturated rings. The summed E-state index contributed by atoms with van der Waals surface area (Å²) in [5.74, 6) is 0. The normalized spacial score (nSPS) is 12.6. The third kappa shape index (κ3) is 4.40. The SMILES string of the molecule is O=S(=O)(c1ccccn1)C(NCc1ccc(-c2cscn2)cc1)c1ccccn1. The number of aromatic nitrogens is 3. The van der Waals surface area contributed by atoms with E-state index in [1.165, 1.54) is 12.3 Å². The maximum Gasteiger partial charge on any atom is 0.217 e. The zero-order valence-electron chi connectivity index (χ0n) is 15.3. The molecule has 0 saturated carbocycles. The van der Waals surface area contributed by atoms with E-state index in [0.29, 0.717) is 12.2 Å². The molecule has 3 heterocycles. The number of sulfone groups is 1. The van der Waals surface area contributed by atoms with Crippen LogP contribution in [0.3, 0.4) is 0 Å². The van der Waals surface area contributed by atoms with Gasteiger partial charge < -0.3 is 0 Å². The summed E-state index contributed by atoms with van der Waals surface area (Å²) in [6.07, 6.45) is 3.06. The second-order valence-corrected chi connectivity index (χ2v) is 9.00. The highest BCUT2D eigenvalue weighted by Gasteiger charge is 2.30. The Morgan fingerprint density at radius 2 is 1.66 bits per heavy atom. The predicted molar refractivity (Wildman–Crippen MR) is 113 cm³/mol. The fraction of sp³-hybridized carbons (Fsp3) is 0.0952. The van der Waals surface area contributed by atoms with Crippen molar-refractivity contribution in [1.82, 2.24) is 20.3 Å². The number of nitrogens with one attached hydrogen (secondary N) is 1. The van der Waals surface area contributed by atoms with E-state index in [2.05, 4.69) is 20.3 Å². The van der Waals surface area contributed by atoms with E-state index in [-0.39, 0.29) is 5.03 Å². The minimum Gasteiger partial charge on any atom is -0.292 e. The molecule has 1 unspecified atom stereocenters. The second kappa shape index (κ2) is 8.60. The van der Waals surface area contributed by atoms with Gasteiger partial charge in [-0.25, -0.2) is 18.4 Å². The van der Waals surface area contributed by atoms with Crippen LogP contribution in [0.2, 0.25) is 0 Å². The lowest BCUT2D eigenvalue weighted by atomic mass is 10.1. The van der Waals surface area contributed by atoms with E-state index >= 15 is 0 Å². The summed E-state index contributed by atoms with van der Waals surface area (Å²) in [4.78, 5) is 12.6. The highest BCUT2D eigenvalue weighted by molar-refractivity contribution is 7.91. The molecule has 0 bridgehead atoms. The Bertz CT molecular complexity index is 1150. The van der Waals surface area contributed by atoms with Gasteiger partial charge in [0.1, 0.15) is 0 Å². The molecule has 6 nitrogen and oxygen atoms in total. The fourth-order valence-corrected chi connectivity index (χ4v) is 4.94. The molecule has 29 heavy (non-hydrogen) atoms. The van der Waals surface area contributed by atoms with E-state index in [1.807, 2.05) is 29.6 Å². The molecule has 4 aromatic rings. The van der Waals surface area contributed by atoms with Crippen LogP contribution in [0.1, 0.15) is 16.6 Å². The summed E-state index contributed by atoms with van der Waals surface area (Å²) in [5, 5.41) is 4.14. The van der Waals surface area contributed by atoms with Crippen molar-refractivity contribution in [1.29, 1.82) is 0 Å². The Morgan fingerprint density at radius 1 is 0.897 bits per heavy atom. The van der Waals surface area contributed by atoms with Crippen molar-refractivity contribution >= 4 is 21.2 Å². The average Bonchev–Trinajstić information content (AvgIpc) is 3.31. The number of hydrogen-bond donors (Lipinski definition) is 1. The Balaban J connectivity index is 1.58. The molecule has 0 saturated heterocycles. The molecular formula is C21H18N4O2S2. The third-order valence-corrected chi connectivity index (χ3v) is 6.81. The van der Waals surface area contributed by atoms with Crippen LogP contribution < -0.4 is 5.32 Å². The summed E-state index contributed by atoms with van der Waals surface area (Å²) >= 11 is 1.55. The zero-order valence-corrected chi connectivity index (χ0v) is 17.0. The van der Waals surface area contributed by atoms with E-state index in [1.54, 1.807) is 53.4 Å². The molecule has 1 aromatic carbocycles. The first kappa shape index (κ1) is 19.4. The maximum atomic E-state index is 13.2. The van der Waals surface area contributed by atoms with Gasteiger partial charge in [0.05, 0.1) is 16.9 Å². The van der Waals surface area contributed by atoms with Crippen LogP contribution in [0.15, 0.2) is 89.0 Å². The Morgan fingerprint density at radius 3 is 2.28 bits per heavy atom. The smallest absolute Gasteiger partial charge is 0.217 e. The van der Waals surface area contributed by atoms with Gasteiger partial charge in [-0.05, 0) is 29.8 Å². The topological polar surface area (TPSA) is 84.8 Å². The highest BCUT2D eigenvalue weighted by Crippen LogP contribution is 2.25. The van der Waals surface area contributed by atoms with Gasteiger partial charge in [0, 0.05) is 29.9 Å². The minimum absolute atomic E-state index is 0.0158. The first-order valence-electron chi connectivity index (χ1n) is 8.91. The molecule has 1 N–H and O–H groups in total. The number of rotatable bonds is 7. The van der Waals surface area contributed by atoms with Crippen LogP contribution >= 0.6 is 11.3 Å². The molecule has 4 rings (SSSR count). The van der Waals surface area contributed by atoms with Crippen LogP contribution in [0.5, 0.6) is 0 Å². The lowest BCUT2D eigenvalue weighted by Gasteiger charge is -2.18. The Hall–Kier alpha value is -2.94. The quantitative estimate of drug-likeness (QED) is 0.487. The third-order valence-electron chi connectivity index (χ3n) is 4.37. The standard InChI is InChI=1S/C21H18N4O2S2/c26-29(27,20-6-2-4-12-23-20)21(18-5-1-3-11-22-18)24-13-16-7-9-17(10-8-16)19-14-28-15-25-19/h1-12,14-15,21,24H,13H2. The summed E-state index contributed by atoms with van der Waals surface area (Å²) in [6.45, 7) is 0.366. The molecule has 0 aliphatic carbocycles. The predicted octanol–water partition coefficient (Wildman–Crippen LogP) is 3.86. The Kier molecular flexibility index (Phi) is 5.75. The monoisotopic (exact) mass is 422 g/mol. The second-order valence-electron chi connectivity index (χ2n) is 6.30. The van der Waals surface area contributed by atoms with E-state index in [9.17, 15) is 8.42 Å². The molecule has 0 amide bonds. The maximum absolute atomic E-state index is 13.2. The number of pyridine rings is 2. The summed E-state index contributed by atoms with van der Waals surface area (Å²) in [7, 11) is -3.76. The molecule has 0 spiro atoms. The van der Waals surface area contributed by atoms with Crippen molar-refractivity contribution in [2.75, 3.05) is 0 Å². The number of thiazole rings is 1. The lowest BCUT2D eigenvalue weighted by Crippen LogP contribution is -2.29. The highest BCUT2D eigenvalue weighted by atomic mass is 32.2. The van der Waals surface area contributed by atoms with Gasteiger partial charge in [0.15, 0.2) is 10.4 Å². The van der Waals surface area contributed by atoms with Gasteiger partial charge in [-0.2, -0.15) is 0 Å². The zero-order chi connectivity index (χ0) is 20.1. The largest absolute Gasteiger partial charge is 0.292 e. The molecule has 1 atom stereocenters.